The number of nitrogens with one attached hydrogen (secondary N) is 1. The SMILES string of the molecule is NC(=O)c1cc([N+](=O)[O-])c([N+](=O)[O-])cc1NC1CC1. The van der Waals surface area contributed by atoms with Gasteiger partial charge >= 0.3 is 11.4 Å². The molecule has 2 rings (SSSR count). The van der Waals surface area contributed by atoms with Crippen LogP contribution in [0.3, 0.4) is 0 Å². The summed E-state index contributed by atoms with van der Waals surface area (Å²) < 4.78 is 0. The highest BCUT2D eigenvalue weighted by Crippen LogP contribution is 2.35. The lowest BCUT2D eigenvalue weighted by atomic mass is 10.1. The number of nitro benzene ring substituents is 2. The zero-order chi connectivity index (χ0) is 14.2. The van der Waals surface area contributed by atoms with Gasteiger partial charge < -0.3 is 11.1 Å². The molecule has 0 radical (unpaired) electrons. The lowest BCUT2D eigenvalue weighted by Crippen LogP contribution is -2.16. The summed E-state index contributed by atoms with van der Waals surface area (Å²) in [5.74, 6) is -0.874. The van der Waals surface area contributed by atoms with Crippen LogP contribution in [0.4, 0.5) is 17.1 Å². The molecule has 1 amide bonds. The first-order chi connectivity index (χ1) is 8.90. The quantitative estimate of drug-likeness (QED) is 0.605. The minimum absolute atomic E-state index is 0.121. The molecular formula is C10H10N4O5. The van der Waals surface area contributed by atoms with Crippen molar-refractivity contribution in [2.75, 3.05) is 5.32 Å². The number of nitrogens with zero attached hydrogens (tertiary/aromatic N) is 2. The summed E-state index contributed by atoms with van der Waals surface area (Å²) in [6.07, 6.45) is 1.76. The molecule has 0 spiro atoms. The number of hydrogen-bond donors (Lipinski definition) is 2. The summed E-state index contributed by atoms with van der Waals surface area (Å²) in [6, 6.07) is 1.95. The van der Waals surface area contributed by atoms with Crippen molar-refractivity contribution in [3.63, 3.8) is 0 Å². The number of nitrogens with two attached hydrogens (primary N) is 1. The third kappa shape index (κ3) is 2.59. The Kier molecular flexibility index (Phi) is 3.03. The number of benzene rings is 1. The summed E-state index contributed by atoms with van der Waals surface area (Å²) in [5.41, 5.74) is 3.75. The summed E-state index contributed by atoms with van der Waals surface area (Å²) >= 11 is 0. The first-order valence-corrected chi connectivity index (χ1v) is 5.43. The Labute approximate surface area is 106 Å². The average molecular weight is 266 g/mol. The van der Waals surface area contributed by atoms with Crippen LogP contribution in [0.2, 0.25) is 0 Å². The number of primary amides is 1. The van der Waals surface area contributed by atoms with E-state index in [-0.39, 0.29) is 17.3 Å². The van der Waals surface area contributed by atoms with E-state index < -0.39 is 27.1 Å². The van der Waals surface area contributed by atoms with E-state index in [1.54, 1.807) is 0 Å². The monoisotopic (exact) mass is 266 g/mol. The van der Waals surface area contributed by atoms with Crippen molar-refractivity contribution in [2.45, 2.75) is 18.9 Å². The van der Waals surface area contributed by atoms with Gasteiger partial charge in [-0.05, 0) is 12.8 Å². The summed E-state index contributed by atoms with van der Waals surface area (Å²) in [7, 11) is 0. The van der Waals surface area contributed by atoms with Crippen LogP contribution in [0, 0.1) is 20.2 Å². The second-order valence-electron chi connectivity index (χ2n) is 4.18. The number of carbonyl (C=O) groups is 1. The van der Waals surface area contributed by atoms with Crippen LogP contribution in [0.1, 0.15) is 23.2 Å². The molecule has 9 heteroatoms. The van der Waals surface area contributed by atoms with Crippen LogP contribution in [-0.2, 0) is 0 Å². The number of hydrogen-bond acceptors (Lipinski definition) is 6. The van der Waals surface area contributed by atoms with Gasteiger partial charge in [0.1, 0.15) is 0 Å². The predicted octanol–water partition coefficient (Wildman–Crippen LogP) is 1.18. The Hall–Kier alpha value is -2.71. The van der Waals surface area contributed by atoms with Crippen molar-refractivity contribution >= 4 is 23.0 Å². The van der Waals surface area contributed by atoms with Gasteiger partial charge in [0.25, 0.3) is 5.91 Å². The van der Waals surface area contributed by atoms with Crippen LogP contribution >= 0.6 is 0 Å². The molecule has 100 valence electrons. The van der Waals surface area contributed by atoms with Crippen molar-refractivity contribution in [3.05, 3.63) is 37.9 Å². The van der Waals surface area contributed by atoms with Gasteiger partial charge in [-0.1, -0.05) is 0 Å². The van der Waals surface area contributed by atoms with Gasteiger partial charge in [0, 0.05) is 18.2 Å². The minimum Gasteiger partial charge on any atom is -0.381 e. The number of rotatable bonds is 5. The number of carbonyl (C=O) groups excluding carboxylic acids is 1. The molecule has 19 heavy (non-hydrogen) atoms. The third-order valence-electron chi connectivity index (χ3n) is 2.71. The molecule has 0 aromatic heterocycles. The fourth-order valence-electron chi connectivity index (χ4n) is 1.64. The summed E-state index contributed by atoms with van der Waals surface area (Å²) in [4.78, 5) is 31.1. The standard InChI is InChI=1S/C10H10N4O5/c11-10(15)6-3-8(13(16)17)9(14(18)19)4-7(6)12-5-1-2-5/h3-5,12H,1-2H2,(H2,11,15). The largest absolute Gasteiger partial charge is 0.381 e. The van der Waals surface area contributed by atoms with Gasteiger partial charge in [-0.25, -0.2) is 0 Å². The van der Waals surface area contributed by atoms with Crippen LogP contribution < -0.4 is 11.1 Å². The Morgan fingerprint density at radius 3 is 2.16 bits per heavy atom. The molecule has 0 aliphatic heterocycles. The van der Waals surface area contributed by atoms with Gasteiger partial charge in [-0.15, -0.1) is 0 Å². The van der Waals surface area contributed by atoms with Gasteiger partial charge in [0.2, 0.25) is 0 Å². The molecule has 0 unspecified atom stereocenters. The van der Waals surface area contributed by atoms with Crippen LogP contribution in [0.5, 0.6) is 0 Å². The van der Waals surface area contributed by atoms with Crippen molar-refractivity contribution in [1.29, 1.82) is 0 Å². The molecule has 1 saturated carbocycles. The van der Waals surface area contributed by atoms with E-state index in [2.05, 4.69) is 5.32 Å². The topological polar surface area (TPSA) is 141 Å². The first kappa shape index (κ1) is 12.7. The molecule has 0 heterocycles. The fraction of sp³-hybridized carbons (Fsp3) is 0.300. The zero-order valence-corrected chi connectivity index (χ0v) is 9.66. The molecule has 3 N–H and O–H groups in total. The smallest absolute Gasteiger partial charge is 0.348 e. The highest BCUT2D eigenvalue weighted by molar-refractivity contribution is 6.00. The van der Waals surface area contributed by atoms with E-state index in [1.807, 2.05) is 0 Å². The average Bonchev–Trinajstić information content (AvgIpc) is 3.11. The molecule has 0 atom stereocenters. The van der Waals surface area contributed by atoms with E-state index >= 15 is 0 Å². The van der Waals surface area contributed by atoms with E-state index in [9.17, 15) is 25.0 Å². The second kappa shape index (κ2) is 4.52. The Balaban J connectivity index is 2.57. The Bertz CT molecular complexity index is 582. The molecule has 1 fully saturated rings. The predicted molar refractivity (Wildman–Crippen MR) is 64.9 cm³/mol. The Morgan fingerprint density at radius 2 is 1.74 bits per heavy atom. The first-order valence-electron chi connectivity index (χ1n) is 5.43. The van der Waals surface area contributed by atoms with Crippen molar-refractivity contribution in [3.8, 4) is 0 Å². The summed E-state index contributed by atoms with van der Waals surface area (Å²) in [6.45, 7) is 0. The molecule has 1 aromatic carbocycles. The molecule has 0 bridgehead atoms. The van der Waals surface area contributed by atoms with Crippen molar-refractivity contribution in [2.24, 2.45) is 5.73 Å². The maximum absolute atomic E-state index is 11.3. The highest BCUT2D eigenvalue weighted by Gasteiger charge is 2.30. The van der Waals surface area contributed by atoms with E-state index in [4.69, 9.17) is 5.73 Å². The van der Waals surface area contributed by atoms with E-state index in [0.29, 0.717) is 0 Å². The van der Waals surface area contributed by atoms with E-state index in [0.717, 1.165) is 25.0 Å². The maximum atomic E-state index is 11.3. The van der Waals surface area contributed by atoms with Crippen molar-refractivity contribution < 1.29 is 14.6 Å². The number of anilines is 1. The number of nitro groups is 2. The van der Waals surface area contributed by atoms with Gasteiger partial charge in [0.05, 0.1) is 21.1 Å². The fourth-order valence-corrected chi connectivity index (χ4v) is 1.64. The molecular weight excluding hydrogens is 256 g/mol. The maximum Gasteiger partial charge on any atom is 0.348 e. The van der Waals surface area contributed by atoms with Gasteiger partial charge in [-0.2, -0.15) is 0 Å². The zero-order valence-electron chi connectivity index (χ0n) is 9.66. The summed E-state index contributed by atoms with van der Waals surface area (Å²) in [5, 5.41) is 24.5. The molecule has 9 nitrogen and oxygen atoms in total. The van der Waals surface area contributed by atoms with Crippen LogP contribution in [0.15, 0.2) is 12.1 Å². The van der Waals surface area contributed by atoms with Crippen molar-refractivity contribution in [1.82, 2.24) is 0 Å². The third-order valence-corrected chi connectivity index (χ3v) is 2.71. The number of amides is 1. The molecule has 1 aliphatic carbocycles. The molecule has 1 aromatic rings. The van der Waals surface area contributed by atoms with Gasteiger partial charge in [0.15, 0.2) is 0 Å². The Morgan fingerprint density at radius 1 is 1.21 bits per heavy atom. The lowest BCUT2D eigenvalue weighted by molar-refractivity contribution is -0.422. The molecule has 1 aliphatic rings. The minimum atomic E-state index is -0.911. The highest BCUT2D eigenvalue weighted by atomic mass is 16.6. The second-order valence-corrected chi connectivity index (χ2v) is 4.18. The molecule has 0 saturated heterocycles. The van der Waals surface area contributed by atoms with Crippen LogP contribution in [-0.4, -0.2) is 21.8 Å². The van der Waals surface area contributed by atoms with Gasteiger partial charge in [-0.3, -0.25) is 25.0 Å². The van der Waals surface area contributed by atoms with E-state index in [1.165, 1.54) is 0 Å². The normalized spacial score (nSPS) is 13.9. The lowest BCUT2D eigenvalue weighted by Gasteiger charge is -2.09. The van der Waals surface area contributed by atoms with Crippen LogP contribution in [0.25, 0.3) is 0 Å².